The van der Waals surface area contributed by atoms with Crippen LogP contribution in [-0.4, -0.2) is 35.8 Å². The zero-order valence-corrected chi connectivity index (χ0v) is 16.3. The Morgan fingerprint density at radius 2 is 1.89 bits per heavy atom. The summed E-state index contributed by atoms with van der Waals surface area (Å²) < 4.78 is 27.0. The van der Waals surface area contributed by atoms with Gasteiger partial charge in [0.05, 0.1) is 19.2 Å². The maximum atomic E-state index is 14.3. The van der Waals surface area contributed by atoms with Crippen molar-refractivity contribution < 1.29 is 23.8 Å². The van der Waals surface area contributed by atoms with Gasteiger partial charge in [0.2, 0.25) is 0 Å². The molecule has 1 aromatic heterocycles. The molecular formula is C22H24FNO4. The summed E-state index contributed by atoms with van der Waals surface area (Å²) in [5.74, 6) is 0.243. The second-order valence-corrected chi connectivity index (χ2v) is 6.63. The standard InChI is InChI=1S/C22H24FNO4/c1-14-22(15(2)26)18-12-19(23)21(27-3)13-20(18)24(14)16-6-8-17(9-7-16)28-11-5-4-10-25/h6-9,12-13,25H,4-5,10-11H2,1-3H3. The summed E-state index contributed by atoms with van der Waals surface area (Å²) in [6.45, 7) is 4.03. The molecule has 6 heteroatoms. The number of halogens is 1. The van der Waals surface area contributed by atoms with E-state index in [1.54, 1.807) is 6.07 Å². The van der Waals surface area contributed by atoms with Crippen LogP contribution in [0, 0.1) is 12.7 Å². The molecule has 0 amide bonds. The second kappa shape index (κ2) is 8.44. The van der Waals surface area contributed by atoms with Crippen molar-refractivity contribution in [1.82, 2.24) is 4.57 Å². The Kier molecular flexibility index (Phi) is 5.99. The molecule has 2 aromatic carbocycles. The van der Waals surface area contributed by atoms with Crippen LogP contribution in [0.25, 0.3) is 16.6 Å². The number of unbranched alkanes of at least 4 members (excludes halogenated alkanes) is 1. The van der Waals surface area contributed by atoms with Gasteiger partial charge in [-0.1, -0.05) is 0 Å². The lowest BCUT2D eigenvalue weighted by Crippen LogP contribution is -2.01. The smallest absolute Gasteiger partial charge is 0.165 e. The van der Waals surface area contributed by atoms with Gasteiger partial charge in [0.1, 0.15) is 5.75 Å². The fourth-order valence-corrected chi connectivity index (χ4v) is 3.44. The van der Waals surface area contributed by atoms with E-state index < -0.39 is 5.82 Å². The Labute approximate surface area is 163 Å². The van der Waals surface area contributed by atoms with E-state index >= 15 is 0 Å². The molecule has 0 aliphatic carbocycles. The number of hydrogen-bond acceptors (Lipinski definition) is 4. The molecule has 0 radical (unpaired) electrons. The van der Waals surface area contributed by atoms with Crippen LogP contribution in [0.2, 0.25) is 0 Å². The molecule has 28 heavy (non-hydrogen) atoms. The van der Waals surface area contributed by atoms with Gasteiger partial charge in [-0.05, 0) is 57.0 Å². The average molecular weight is 385 g/mol. The van der Waals surface area contributed by atoms with Crippen LogP contribution >= 0.6 is 0 Å². The van der Waals surface area contributed by atoms with Crippen molar-refractivity contribution in [1.29, 1.82) is 0 Å². The van der Waals surface area contributed by atoms with Gasteiger partial charge in [-0.2, -0.15) is 0 Å². The minimum Gasteiger partial charge on any atom is -0.494 e. The highest BCUT2D eigenvalue weighted by Gasteiger charge is 2.21. The minimum absolute atomic E-state index is 0.116. The predicted molar refractivity (Wildman–Crippen MR) is 106 cm³/mol. The van der Waals surface area contributed by atoms with Gasteiger partial charge < -0.3 is 19.1 Å². The number of aliphatic hydroxyl groups excluding tert-OH is 1. The van der Waals surface area contributed by atoms with E-state index in [0.29, 0.717) is 29.5 Å². The number of carbonyl (C=O) groups is 1. The summed E-state index contributed by atoms with van der Waals surface area (Å²) in [6, 6.07) is 10.5. The van der Waals surface area contributed by atoms with Gasteiger partial charge in [-0.3, -0.25) is 4.79 Å². The highest BCUT2D eigenvalue weighted by molar-refractivity contribution is 6.09. The first-order valence-electron chi connectivity index (χ1n) is 9.21. The summed E-state index contributed by atoms with van der Waals surface area (Å²) in [4.78, 5) is 12.2. The quantitative estimate of drug-likeness (QED) is 0.460. The van der Waals surface area contributed by atoms with Gasteiger partial charge in [0.25, 0.3) is 0 Å². The molecule has 0 aliphatic rings. The number of hydrogen-bond donors (Lipinski definition) is 1. The molecule has 3 aromatic rings. The topological polar surface area (TPSA) is 60.7 Å². The third-order valence-corrected chi connectivity index (χ3v) is 4.75. The lowest BCUT2D eigenvalue weighted by atomic mass is 10.1. The third-order valence-electron chi connectivity index (χ3n) is 4.75. The number of ketones is 1. The van der Waals surface area contributed by atoms with Crippen LogP contribution in [0.5, 0.6) is 11.5 Å². The van der Waals surface area contributed by atoms with Crippen LogP contribution in [0.3, 0.4) is 0 Å². The molecule has 0 spiro atoms. The molecule has 0 bridgehead atoms. The van der Waals surface area contributed by atoms with Crippen molar-refractivity contribution in [3.8, 4) is 17.2 Å². The van der Waals surface area contributed by atoms with E-state index in [1.165, 1.54) is 20.1 Å². The first-order valence-corrected chi connectivity index (χ1v) is 9.21. The number of fused-ring (bicyclic) bond motifs is 1. The molecular weight excluding hydrogens is 361 g/mol. The van der Waals surface area contributed by atoms with E-state index in [2.05, 4.69) is 0 Å². The second-order valence-electron chi connectivity index (χ2n) is 6.63. The maximum Gasteiger partial charge on any atom is 0.165 e. The molecule has 148 valence electrons. The first-order chi connectivity index (χ1) is 13.5. The van der Waals surface area contributed by atoms with Gasteiger partial charge >= 0.3 is 0 Å². The number of methoxy groups -OCH3 is 1. The molecule has 5 nitrogen and oxygen atoms in total. The lowest BCUT2D eigenvalue weighted by molar-refractivity contribution is 0.101. The predicted octanol–water partition coefficient (Wildman–Crippen LogP) is 4.44. The highest BCUT2D eigenvalue weighted by atomic mass is 19.1. The van der Waals surface area contributed by atoms with Crippen LogP contribution < -0.4 is 9.47 Å². The maximum absolute atomic E-state index is 14.3. The van der Waals surface area contributed by atoms with Crippen molar-refractivity contribution in [2.75, 3.05) is 20.3 Å². The molecule has 0 atom stereocenters. The van der Waals surface area contributed by atoms with E-state index in [0.717, 1.165) is 23.6 Å². The average Bonchev–Trinajstić information content (AvgIpc) is 2.96. The number of benzene rings is 2. The van der Waals surface area contributed by atoms with Gasteiger partial charge in [0, 0.05) is 35.0 Å². The lowest BCUT2D eigenvalue weighted by Gasteiger charge is -2.11. The molecule has 0 aliphatic heterocycles. The van der Waals surface area contributed by atoms with Crippen LogP contribution in [-0.2, 0) is 0 Å². The van der Waals surface area contributed by atoms with Gasteiger partial charge in [-0.15, -0.1) is 0 Å². The SMILES string of the molecule is COc1cc2c(cc1F)c(C(C)=O)c(C)n2-c1ccc(OCCCCO)cc1. The van der Waals surface area contributed by atoms with Crippen molar-refractivity contribution in [3.63, 3.8) is 0 Å². The zero-order chi connectivity index (χ0) is 20.3. The third kappa shape index (κ3) is 3.73. The molecule has 1 heterocycles. The Morgan fingerprint density at radius 1 is 1.18 bits per heavy atom. The van der Waals surface area contributed by atoms with Crippen molar-refractivity contribution >= 4 is 16.7 Å². The summed E-state index contributed by atoms with van der Waals surface area (Å²) >= 11 is 0. The molecule has 0 fully saturated rings. The summed E-state index contributed by atoms with van der Waals surface area (Å²) in [5.41, 5.74) is 2.79. The Morgan fingerprint density at radius 3 is 2.50 bits per heavy atom. The van der Waals surface area contributed by atoms with Crippen LogP contribution in [0.15, 0.2) is 36.4 Å². The fraction of sp³-hybridized carbons (Fsp3) is 0.318. The summed E-state index contributed by atoms with van der Waals surface area (Å²) in [7, 11) is 1.42. The number of ether oxygens (including phenoxy) is 2. The molecule has 3 rings (SSSR count). The highest BCUT2D eigenvalue weighted by Crippen LogP contribution is 2.34. The molecule has 0 unspecified atom stereocenters. The van der Waals surface area contributed by atoms with Crippen LogP contribution in [0.4, 0.5) is 4.39 Å². The Bertz CT molecular complexity index is 992. The van der Waals surface area contributed by atoms with Gasteiger partial charge in [0.15, 0.2) is 17.3 Å². The van der Waals surface area contributed by atoms with E-state index in [9.17, 15) is 9.18 Å². The Balaban J connectivity index is 2.04. The monoisotopic (exact) mass is 385 g/mol. The molecule has 1 N–H and O–H groups in total. The van der Waals surface area contributed by atoms with E-state index in [1.807, 2.05) is 35.8 Å². The number of aliphatic hydroxyl groups is 1. The minimum atomic E-state index is -0.499. The fourth-order valence-electron chi connectivity index (χ4n) is 3.44. The number of rotatable bonds is 8. The van der Waals surface area contributed by atoms with E-state index in [4.69, 9.17) is 14.6 Å². The normalized spacial score (nSPS) is 11.0. The zero-order valence-electron chi connectivity index (χ0n) is 16.3. The number of carbonyl (C=O) groups excluding carboxylic acids is 1. The largest absolute Gasteiger partial charge is 0.494 e. The van der Waals surface area contributed by atoms with Crippen molar-refractivity contribution in [3.05, 3.63) is 53.5 Å². The number of Topliss-reactive ketones (excluding diaryl/α,β-unsaturated/α-hetero) is 1. The van der Waals surface area contributed by atoms with Gasteiger partial charge in [-0.25, -0.2) is 4.39 Å². The summed E-state index contributed by atoms with van der Waals surface area (Å²) in [5, 5.41) is 9.38. The Hall–Kier alpha value is -2.86. The first kappa shape index (κ1) is 19.9. The van der Waals surface area contributed by atoms with Crippen LogP contribution in [0.1, 0.15) is 35.8 Å². The van der Waals surface area contributed by atoms with Crippen molar-refractivity contribution in [2.24, 2.45) is 0 Å². The van der Waals surface area contributed by atoms with E-state index in [-0.39, 0.29) is 18.1 Å². The molecule has 0 saturated heterocycles. The number of aromatic nitrogens is 1. The molecule has 0 saturated carbocycles. The van der Waals surface area contributed by atoms with Crippen molar-refractivity contribution in [2.45, 2.75) is 26.7 Å². The summed E-state index contributed by atoms with van der Waals surface area (Å²) in [6.07, 6.45) is 1.49. The number of nitrogens with zero attached hydrogens (tertiary/aromatic N) is 1.